The molecule has 0 aliphatic carbocycles. The molecule has 1 aliphatic heterocycles. The first-order chi connectivity index (χ1) is 8.20. The zero-order chi connectivity index (χ0) is 12.3. The van der Waals surface area contributed by atoms with Crippen molar-refractivity contribution in [2.24, 2.45) is 0 Å². The monoisotopic (exact) mass is 271 g/mol. The Morgan fingerprint density at radius 2 is 2.35 bits per heavy atom. The molecule has 0 bridgehead atoms. The molecule has 0 radical (unpaired) electrons. The van der Waals surface area contributed by atoms with Crippen LogP contribution in [0.1, 0.15) is 25.6 Å². The van der Waals surface area contributed by atoms with Crippen LogP contribution in [0.4, 0.5) is 5.82 Å². The van der Waals surface area contributed by atoms with Crippen LogP contribution < -0.4 is 4.90 Å². The summed E-state index contributed by atoms with van der Waals surface area (Å²) in [6.45, 7) is 2.13. The SMILES string of the molecule is CCCc1nc(Cl)cc(N(C)C2CCSC2)n1. The minimum absolute atomic E-state index is 0.552. The fourth-order valence-electron chi connectivity index (χ4n) is 1.98. The van der Waals surface area contributed by atoms with Crippen molar-refractivity contribution in [1.82, 2.24) is 9.97 Å². The molecule has 0 amide bonds. The maximum atomic E-state index is 6.05. The van der Waals surface area contributed by atoms with Gasteiger partial charge in [0.2, 0.25) is 0 Å². The standard InChI is InChI=1S/C12H18ClN3S/c1-3-4-11-14-10(13)7-12(15-11)16(2)9-5-6-17-8-9/h7,9H,3-6,8H2,1-2H3. The molecule has 0 aromatic carbocycles. The Labute approximate surface area is 112 Å². The van der Waals surface area contributed by atoms with E-state index in [1.54, 1.807) is 0 Å². The fraction of sp³-hybridized carbons (Fsp3) is 0.667. The molecule has 2 rings (SSSR count). The highest BCUT2D eigenvalue weighted by atomic mass is 35.5. The minimum Gasteiger partial charge on any atom is -0.356 e. The number of anilines is 1. The Balaban J connectivity index is 2.18. The van der Waals surface area contributed by atoms with E-state index in [0.29, 0.717) is 11.2 Å². The van der Waals surface area contributed by atoms with Crippen LogP contribution >= 0.6 is 23.4 Å². The van der Waals surface area contributed by atoms with Gasteiger partial charge in [0.25, 0.3) is 0 Å². The van der Waals surface area contributed by atoms with Gasteiger partial charge in [0.15, 0.2) is 0 Å². The molecule has 0 N–H and O–H groups in total. The molecule has 0 saturated carbocycles. The van der Waals surface area contributed by atoms with E-state index in [1.165, 1.54) is 17.9 Å². The summed E-state index contributed by atoms with van der Waals surface area (Å²) in [5, 5.41) is 0.552. The average molecular weight is 272 g/mol. The largest absolute Gasteiger partial charge is 0.356 e. The predicted molar refractivity (Wildman–Crippen MR) is 75.2 cm³/mol. The molecule has 1 fully saturated rings. The fourth-order valence-corrected chi connectivity index (χ4v) is 3.45. The Bertz CT molecular complexity index is 380. The van der Waals surface area contributed by atoms with Gasteiger partial charge in [-0.15, -0.1) is 0 Å². The summed E-state index contributed by atoms with van der Waals surface area (Å²) in [6, 6.07) is 2.45. The number of aryl methyl sites for hydroxylation is 1. The van der Waals surface area contributed by atoms with Gasteiger partial charge in [0.1, 0.15) is 16.8 Å². The first-order valence-electron chi connectivity index (χ1n) is 6.04. The number of hydrogen-bond donors (Lipinski definition) is 0. The highest BCUT2D eigenvalue weighted by Crippen LogP contribution is 2.26. The van der Waals surface area contributed by atoms with Crippen LogP contribution in [0.3, 0.4) is 0 Å². The Morgan fingerprint density at radius 1 is 1.53 bits per heavy atom. The summed E-state index contributed by atoms with van der Waals surface area (Å²) in [5.74, 6) is 4.24. The van der Waals surface area contributed by atoms with Crippen LogP contribution in [-0.2, 0) is 6.42 Å². The summed E-state index contributed by atoms with van der Waals surface area (Å²) >= 11 is 8.06. The molecule has 5 heteroatoms. The smallest absolute Gasteiger partial charge is 0.134 e. The van der Waals surface area contributed by atoms with Gasteiger partial charge in [-0.05, 0) is 18.6 Å². The Morgan fingerprint density at radius 3 is 3.00 bits per heavy atom. The van der Waals surface area contributed by atoms with Gasteiger partial charge in [-0.3, -0.25) is 0 Å². The van der Waals surface area contributed by atoms with Crippen LogP contribution in [0.15, 0.2) is 6.07 Å². The first kappa shape index (κ1) is 13.0. The van der Waals surface area contributed by atoms with Crippen LogP contribution in [0.25, 0.3) is 0 Å². The van der Waals surface area contributed by atoms with Crippen LogP contribution in [-0.4, -0.2) is 34.6 Å². The number of thioether (sulfide) groups is 1. The Hall–Kier alpha value is -0.480. The molecular formula is C12H18ClN3S. The van der Waals surface area contributed by atoms with Gasteiger partial charge < -0.3 is 4.90 Å². The van der Waals surface area contributed by atoms with E-state index in [4.69, 9.17) is 11.6 Å². The van der Waals surface area contributed by atoms with Crippen molar-refractivity contribution in [2.75, 3.05) is 23.5 Å². The van der Waals surface area contributed by atoms with Gasteiger partial charge >= 0.3 is 0 Å². The lowest BCUT2D eigenvalue weighted by Crippen LogP contribution is -2.32. The second kappa shape index (κ2) is 5.91. The molecule has 1 aromatic rings. The number of nitrogens with zero attached hydrogens (tertiary/aromatic N) is 3. The van der Waals surface area contributed by atoms with Crippen molar-refractivity contribution < 1.29 is 0 Å². The van der Waals surface area contributed by atoms with Crippen molar-refractivity contribution in [2.45, 2.75) is 32.2 Å². The van der Waals surface area contributed by atoms with E-state index >= 15 is 0 Å². The molecular weight excluding hydrogens is 254 g/mol. The van der Waals surface area contributed by atoms with E-state index in [0.717, 1.165) is 24.5 Å². The summed E-state index contributed by atoms with van der Waals surface area (Å²) in [7, 11) is 2.10. The van der Waals surface area contributed by atoms with Gasteiger partial charge in [-0.25, -0.2) is 9.97 Å². The summed E-state index contributed by atoms with van der Waals surface area (Å²) in [6.07, 6.45) is 3.16. The quantitative estimate of drug-likeness (QED) is 0.787. The van der Waals surface area contributed by atoms with Crippen molar-refractivity contribution in [3.63, 3.8) is 0 Å². The van der Waals surface area contributed by atoms with Gasteiger partial charge in [0.05, 0.1) is 0 Å². The second-order valence-electron chi connectivity index (χ2n) is 4.34. The first-order valence-corrected chi connectivity index (χ1v) is 7.58. The summed E-state index contributed by atoms with van der Waals surface area (Å²) < 4.78 is 0. The van der Waals surface area contributed by atoms with Crippen molar-refractivity contribution >= 4 is 29.2 Å². The highest BCUT2D eigenvalue weighted by molar-refractivity contribution is 7.99. The lowest BCUT2D eigenvalue weighted by atomic mass is 10.2. The van der Waals surface area contributed by atoms with Crippen LogP contribution in [0.2, 0.25) is 5.15 Å². The number of hydrogen-bond acceptors (Lipinski definition) is 4. The van der Waals surface area contributed by atoms with Crippen LogP contribution in [0.5, 0.6) is 0 Å². The van der Waals surface area contributed by atoms with Crippen molar-refractivity contribution in [3.8, 4) is 0 Å². The molecule has 0 spiro atoms. The minimum atomic E-state index is 0.552. The maximum absolute atomic E-state index is 6.05. The normalized spacial score (nSPS) is 19.6. The van der Waals surface area contributed by atoms with Crippen molar-refractivity contribution in [3.05, 3.63) is 17.0 Å². The molecule has 1 aliphatic rings. The molecule has 17 heavy (non-hydrogen) atoms. The lowest BCUT2D eigenvalue weighted by Gasteiger charge is -2.25. The molecule has 1 saturated heterocycles. The third-order valence-electron chi connectivity index (χ3n) is 3.02. The van der Waals surface area contributed by atoms with E-state index in [2.05, 4.69) is 28.8 Å². The molecule has 3 nitrogen and oxygen atoms in total. The highest BCUT2D eigenvalue weighted by Gasteiger charge is 2.21. The zero-order valence-corrected chi connectivity index (χ0v) is 11.9. The molecule has 2 heterocycles. The van der Waals surface area contributed by atoms with E-state index in [1.807, 2.05) is 17.8 Å². The van der Waals surface area contributed by atoms with Crippen LogP contribution in [0, 0.1) is 0 Å². The third-order valence-corrected chi connectivity index (χ3v) is 4.35. The zero-order valence-electron chi connectivity index (χ0n) is 10.3. The molecule has 94 valence electrons. The van der Waals surface area contributed by atoms with E-state index in [9.17, 15) is 0 Å². The summed E-state index contributed by atoms with van der Waals surface area (Å²) in [5.41, 5.74) is 0. The summed E-state index contributed by atoms with van der Waals surface area (Å²) in [4.78, 5) is 11.1. The number of halogens is 1. The molecule has 1 atom stereocenters. The average Bonchev–Trinajstić information content (AvgIpc) is 2.81. The Kier molecular flexibility index (Phi) is 4.51. The number of rotatable bonds is 4. The van der Waals surface area contributed by atoms with E-state index < -0.39 is 0 Å². The number of aromatic nitrogens is 2. The lowest BCUT2D eigenvalue weighted by molar-refractivity contribution is 0.685. The van der Waals surface area contributed by atoms with Gasteiger partial charge in [0, 0.05) is 31.3 Å². The second-order valence-corrected chi connectivity index (χ2v) is 5.88. The molecule has 1 aromatic heterocycles. The van der Waals surface area contributed by atoms with E-state index in [-0.39, 0.29) is 0 Å². The molecule has 1 unspecified atom stereocenters. The van der Waals surface area contributed by atoms with Gasteiger partial charge in [-0.2, -0.15) is 11.8 Å². The topological polar surface area (TPSA) is 29.0 Å². The van der Waals surface area contributed by atoms with Crippen molar-refractivity contribution in [1.29, 1.82) is 0 Å². The maximum Gasteiger partial charge on any atom is 0.134 e. The predicted octanol–water partition coefficient (Wildman–Crippen LogP) is 3.02. The van der Waals surface area contributed by atoms with Gasteiger partial charge in [-0.1, -0.05) is 18.5 Å². The third kappa shape index (κ3) is 3.26.